The van der Waals surface area contributed by atoms with Crippen LogP contribution in [0.15, 0.2) is 0 Å². The molecule has 0 aromatic heterocycles. The highest BCUT2D eigenvalue weighted by Gasteiger charge is 2.04. The molecule has 3 N–H and O–H groups in total. The van der Waals surface area contributed by atoms with Crippen molar-refractivity contribution in [2.75, 3.05) is 24.7 Å². The molecule has 0 aliphatic heterocycles. The molecule has 0 aromatic carbocycles. The topological polar surface area (TPSA) is 47.3 Å². The predicted molar refractivity (Wildman–Crippen MR) is 50.6 cm³/mol. The van der Waals surface area contributed by atoms with E-state index in [0.717, 1.165) is 18.1 Å². The lowest BCUT2D eigenvalue weighted by Crippen LogP contribution is -2.40. The number of thioether (sulfide) groups is 1. The van der Waals surface area contributed by atoms with Gasteiger partial charge in [0.15, 0.2) is 0 Å². The zero-order chi connectivity index (χ0) is 8.53. The van der Waals surface area contributed by atoms with Crippen LogP contribution in [0.25, 0.3) is 0 Å². The van der Waals surface area contributed by atoms with E-state index in [1.165, 1.54) is 0 Å². The lowest BCUT2D eigenvalue weighted by molar-refractivity contribution is 0.129. The summed E-state index contributed by atoms with van der Waals surface area (Å²) in [4.78, 5) is 0. The highest BCUT2D eigenvalue weighted by atomic mass is 32.2. The molecular formula is C7H18N2OS. The Balaban J connectivity index is 3.25. The molecule has 0 aliphatic rings. The van der Waals surface area contributed by atoms with Gasteiger partial charge in [0.1, 0.15) is 0 Å². The largest absolute Gasteiger partial charge is 0.380 e. The Morgan fingerprint density at radius 1 is 1.55 bits per heavy atom. The molecule has 0 radical (unpaired) electrons. The third-order valence-corrected chi connectivity index (χ3v) is 2.33. The van der Waals surface area contributed by atoms with Gasteiger partial charge >= 0.3 is 0 Å². The summed E-state index contributed by atoms with van der Waals surface area (Å²) in [7, 11) is 0. The van der Waals surface area contributed by atoms with Gasteiger partial charge in [0.2, 0.25) is 0 Å². The lowest BCUT2D eigenvalue weighted by Gasteiger charge is -2.14. The van der Waals surface area contributed by atoms with E-state index >= 15 is 0 Å². The summed E-state index contributed by atoms with van der Waals surface area (Å²) in [6.07, 6.45) is 0. The average Bonchev–Trinajstić information content (AvgIpc) is 2.05. The van der Waals surface area contributed by atoms with Gasteiger partial charge < -0.3 is 4.74 Å². The third kappa shape index (κ3) is 6.62. The number of rotatable bonds is 7. The first kappa shape index (κ1) is 11.2. The molecule has 0 amide bonds. The van der Waals surface area contributed by atoms with E-state index in [0.29, 0.717) is 12.6 Å². The molecule has 0 bridgehead atoms. The molecule has 0 rings (SSSR count). The Kier molecular flexibility index (Phi) is 8.50. The van der Waals surface area contributed by atoms with E-state index in [-0.39, 0.29) is 0 Å². The van der Waals surface area contributed by atoms with Gasteiger partial charge in [-0.15, -0.1) is 0 Å². The first-order valence-electron chi connectivity index (χ1n) is 3.96. The fourth-order valence-corrected chi connectivity index (χ4v) is 1.38. The van der Waals surface area contributed by atoms with E-state index in [2.05, 4.69) is 12.3 Å². The molecule has 0 fully saturated rings. The molecule has 1 atom stereocenters. The summed E-state index contributed by atoms with van der Waals surface area (Å²) in [6, 6.07) is 0.292. The maximum Gasteiger partial charge on any atom is 0.0641 e. The van der Waals surface area contributed by atoms with Gasteiger partial charge in [-0.25, -0.2) is 0 Å². The zero-order valence-electron chi connectivity index (χ0n) is 7.30. The van der Waals surface area contributed by atoms with Crippen molar-refractivity contribution in [3.05, 3.63) is 0 Å². The quantitative estimate of drug-likeness (QED) is 0.443. The summed E-state index contributed by atoms with van der Waals surface area (Å²) in [5.41, 5.74) is 2.73. The Labute approximate surface area is 73.0 Å². The van der Waals surface area contributed by atoms with Gasteiger partial charge in [0, 0.05) is 12.4 Å². The van der Waals surface area contributed by atoms with Crippen molar-refractivity contribution in [2.24, 2.45) is 5.84 Å². The van der Waals surface area contributed by atoms with Crippen molar-refractivity contribution in [3.8, 4) is 0 Å². The smallest absolute Gasteiger partial charge is 0.0641 e. The summed E-state index contributed by atoms with van der Waals surface area (Å²) in [5, 5.41) is 0. The molecule has 1 unspecified atom stereocenters. The van der Waals surface area contributed by atoms with Crippen molar-refractivity contribution in [2.45, 2.75) is 19.9 Å². The number of nitrogens with two attached hydrogens (primary N) is 1. The minimum Gasteiger partial charge on any atom is -0.380 e. The van der Waals surface area contributed by atoms with E-state index in [1.54, 1.807) is 0 Å². The van der Waals surface area contributed by atoms with E-state index < -0.39 is 0 Å². The Bertz CT molecular complexity index is 74.8. The summed E-state index contributed by atoms with van der Waals surface area (Å²) in [5.74, 6) is 7.46. The third-order valence-electron chi connectivity index (χ3n) is 1.28. The van der Waals surface area contributed by atoms with E-state index in [4.69, 9.17) is 10.6 Å². The molecule has 11 heavy (non-hydrogen) atoms. The standard InChI is InChI=1S/C7H18N2OS/c1-3-10-5-7(9-8)6-11-4-2/h7,9H,3-6,8H2,1-2H3. The van der Waals surface area contributed by atoms with Crippen LogP contribution >= 0.6 is 11.8 Å². The van der Waals surface area contributed by atoms with Crippen molar-refractivity contribution >= 4 is 11.8 Å². The number of hydrogen-bond donors (Lipinski definition) is 2. The summed E-state index contributed by atoms with van der Waals surface area (Å²) in [6.45, 7) is 5.59. The van der Waals surface area contributed by atoms with Crippen molar-refractivity contribution in [1.82, 2.24) is 5.43 Å². The van der Waals surface area contributed by atoms with Crippen LogP contribution in [-0.4, -0.2) is 30.8 Å². The van der Waals surface area contributed by atoms with Crippen LogP contribution < -0.4 is 11.3 Å². The van der Waals surface area contributed by atoms with Crippen LogP contribution in [0, 0.1) is 0 Å². The van der Waals surface area contributed by atoms with Crippen LogP contribution in [0.1, 0.15) is 13.8 Å². The highest BCUT2D eigenvalue weighted by molar-refractivity contribution is 7.99. The van der Waals surface area contributed by atoms with E-state index in [9.17, 15) is 0 Å². The average molecular weight is 178 g/mol. The Morgan fingerprint density at radius 3 is 2.73 bits per heavy atom. The van der Waals surface area contributed by atoms with Crippen LogP contribution in [0.4, 0.5) is 0 Å². The van der Waals surface area contributed by atoms with Crippen molar-refractivity contribution < 1.29 is 4.74 Å². The second-order valence-corrected chi connectivity index (χ2v) is 3.50. The van der Waals surface area contributed by atoms with Crippen LogP contribution in [0.2, 0.25) is 0 Å². The van der Waals surface area contributed by atoms with Crippen molar-refractivity contribution in [1.29, 1.82) is 0 Å². The Hall–Kier alpha value is 0.230. The van der Waals surface area contributed by atoms with Crippen molar-refractivity contribution in [3.63, 3.8) is 0 Å². The molecule has 0 spiro atoms. The lowest BCUT2D eigenvalue weighted by atomic mass is 10.4. The molecule has 68 valence electrons. The van der Waals surface area contributed by atoms with Gasteiger partial charge in [0.05, 0.1) is 12.6 Å². The van der Waals surface area contributed by atoms with Gasteiger partial charge in [-0.05, 0) is 12.7 Å². The maximum absolute atomic E-state index is 5.31. The molecule has 0 saturated heterocycles. The minimum atomic E-state index is 0.292. The number of hydrogen-bond acceptors (Lipinski definition) is 4. The second kappa shape index (κ2) is 8.33. The highest BCUT2D eigenvalue weighted by Crippen LogP contribution is 2.01. The normalized spacial score (nSPS) is 13.4. The number of ether oxygens (including phenoxy) is 1. The van der Waals surface area contributed by atoms with Gasteiger partial charge in [-0.1, -0.05) is 6.92 Å². The molecule has 4 heteroatoms. The van der Waals surface area contributed by atoms with Gasteiger partial charge in [-0.2, -0.15) is 11.8 Å². The first-order valence-corrected chi connectivity index (χ1v) is 5.12. The molecule has 0 heterocycles. The van der Waals surface area contributed by atoms with Crippen LogP contribution in [-0.2, 0) is 4.74 Å². The molecular weight excluding hydrogens is 160 g/mol. The van der Waals surface area contributed by atoms with Crippen LogP contribution in [0.5, 0.6) is 0 Å². The molecule has 3 nitrogen and oxygen atoms in total. The summed E-state index contributed by atoms with van der Waals surface area (Å²) < 4.78 is 5.23. The molecule has 0 aliphatic carbocycles. The first-order chi connectivity index (χ1) is 5.35. The van der Waals surface area contributed by atoms with Crippen LogP contribution in [0.3, 0.4) is 0 Å². The monoisotopic (exact) mass is 178 g/mol. The minimum absolute atomic E-state index is 0.292. The maximum atomic E-state index is 5.31. The predicted octanol–water partition coefficient (Wildman–Crippen LogP) is 0.608. The fraction of sp³-hybridized carbons (Fsp3) is 1.00. The van der Waals surface area contributed by atoms with E-state index in [1.807, 2.05) is 18.7 Å². The van der Waals surface area contributed by atoms with Gasteiger partial charge in [0.25, 0.3) is 0 Å². The molecule has 0 aromatic rings. The Morgan fingerprint density at radius 2 is 2.27 bits per heavy atom. The van der Waals surface area contributed by atoms with Gasteiger partial charge in [-0.3, -0.25) is 11.3 Å². The number of nitrogens with one attached hydrogen (secondary N) is 1. The number of hydrazine groups is 1. The SMILES string of the molecule is CCOCC(CSCC)NN. The molecule has 0 saturated carbocycles. The second-order valence-electron chi connectivity index (χ2n) is 2.18. The summed E-state index contributed by atoms with van der Waals surface area (Å²) >= 11 is 1.87. The fourth-order valence-electron chi connectivity index (χ4n) is 0.665. The zero-order valence-corrected chi connectivity index (χ0v) is 8.12.